The molecule has 32 heavy (non-hydrogen) atoms. The molecule has 1 saturated heterocycles. The van der Waals surface area contributed by atoms with Gasteiger partial charge < -0.3 is 10.1 Å². The van der Waals surface area contributed by atoms with E-state index in [4.69, 9.17) is 4.74 Å². The average molecular weight is 459 g/mol. The minimum Gasteiger partial charge on any atom is -0.462 e. The molecule has 3 aliphatic rings. The van der Waals surface area contributed by atoms with Crippen LogP contribution in [0.25, 0.3) is 0 Å². The van der Waals surface area contributed by atoms with Gasteiger partial charge in [0.15, 0.2) is 0 Å². The number of ether oxygens (including phenoxy) is 1. The molecule has 1 aromatic carbocycles. The average Bonchev–Trinajstić information content (AvgIpc) is 3.17. The third-order valence-corrected chi connectivity index (χ3v) is 8.45. The maximum Gasteiger partial charge on any atom is 0.340 e. The quantitative estimate of drug-likeness (QED) is 0.661. The van der Waals surface area contributed by atoms with E-state index in [1.165, 1.54) is 9.88 Å². The Morgan fingerprint density at radius 3 is 2.47 bits per heavy atom. The van der Waals surface area contributed by atoms with Crippen LogP contribution in [-0.4, -0.2) is 44.3 Å². The van der Waals surface area contributed by atoms with Crippen molar-refractivity contribution in [2.45, 2.75) is 56.8 Å². The minimum absolute atomic E-state index is 0.140. The number of allylic oxidation sites excluding steroid dienone is 1. The van der Waals surface area contributed by atoms with Gasteiger partial charge in [-0.05, 0) is 63.2 Å². The fourth-order valence-electron chi connectivity index (χ4n) is 4.86. The Balaban J connectivity index is 1.42. The van der Waals surface area contributed by atoms with Crippen LogP contribution in [0.4, 0.5) is 0 Å². The Labute approximate surface area is 189 Å². The van der Waals surface area contributed by atoms with E-state index < -0.39 is 10.0 Å². The van der Waals surface area contributed by atoms with Crippen LogP contribution in [-0.2, 0) is 24.3 Å². The summed E-state index contributed by atoms with van der Waals surface area (Å²) in [6, 6.07) is 8.37. The fraction of sp³-hybridized carbons (Fsp3) is 0.500. The van der Waals surface area contributed by atoms with Crippen LogP contribution in [0.3, 0.4) is 0 Å². The minimum atomic E-state index is -3.55. The molecule has 0 radical (unpaired) electrons. The first-order valence-electron chi connectivity index (χ1n) is 11.4. The van der Waals surface area contributed by atoms with E-state index in [9.17, 15) is 18.0 Å². The van der Waals surface area contributed by atoms with Crippen molar-refractivity contribution < 1.29 is 22.7 Å². The van der Waals surface area contributed by atoms with Gasteiger partial charge in [-0.25, -0.2) is 13.2 Å². The highest BCUT2D eigenvalue weighted by atomic mass is 32.2. The van der Waals surface area contributed by atoms with E-state index in [-0.39, 0.29) is 22.7 Å². The Kier molecular flexibility index (Phi) is 6.81. The smallest absolute Gasteiger partial charge is 0.340 e. The number of rotatable bonds is 6. The molecule has 1 N–H and O–H groups in total. The van der Waals surface area contributed by atoms with Crippen LogP contribution in [0.2, 0.25) is 0 Å². The standard InChI is InChI=1S/C24H30N2O5S/c1-2-31-24(28)22-20-11-7-6-8-18(20)16-21(22)25-23(27)17-12-14-26(15-13-17)32(29,30)19-9-4-3-5-10-19/h3-5,9-10,17H,2,6-8,11-16H2,1H3,(H,25,27). The molecule has 0 unspecified atom stereocenters. The molecule has 0 saturated carbocycles. The van der Waals surface area contributed by atoms with Crippen molar-refractivity contribution in [2.75, 3.05) is 19.7 Å². The van der Waals surface area contributed by atoms with E-state index in [0.29, 0.717) is 50.2 Å². The summed E-state index contributed by atoms with van der Waals surface area (Å²) < 4.78 is 32.4. The molecule has 7 nitrogen and oxygen atoms in total. The van der Waals surface area contributed by atoms with Gasteiger partial charge in [0, 0.05) is 31.1 Å². The van der Waals surface area contributed by atoms with Gasteiger partial charge >= 0.3 is 5.97 Å². The topological polar surface area (TPSA) is 92.8 Å². The van der Waals surface area contributed by atoms with Gasteiger partial charge in [0.1, 0.15) is 0 Å². The van der Waals surface area contributed by atoms with Crippen molar-refractivity contribution in [1.29, 1.82) is 0 Å². The van der Waals surface area contributed by atoms with E-state index in [1.807, 2.05) is 0 Å². The number of hydrogen-bond donors (Lipinski definition) is 1. The molecule has 1 amide bonds. The zero-order chi connectivity index (χ0) is 22.7. The third kappa shape index (κ3) is 4.52. The number of carbonyl (C=O) groups excluding carboxylic acids is 2. The largest absolute Gasteiger partial charge is 0.462 e. The van der Waals surface area contributed by atoms with Crippen LogP contribution >= 0.6 is 0 Å². The molecule has 0 atom stereocenters. The zero-order valence-electron chi connectivity index (χ0n) is 18.4. The van der Waals surface area contributed by atoms with Gasteiger partial charge in [-0.1, -0.05) is 23.8 Å². The van der Waals surface area contributed by atoms with Crippen LogP contribution in [0, 0.1) is 5.92 Å². The lowest BCUT2D eigenvalue weighted by Gasteiger charge is -2.30. The second-order valence-corrected chi connectivity index (χ2v) is 10.5. The van der Waals surface area contributed by atoms with E-state index in [1.54, 1.807) is 37.3 Å². The summed E-state index contributed by atoms with van der Waals surface area (Å²) in [6.45, 7) is 2.67. The molecule has 8 heteroatoms. The maximum atomic E-state index is 13.0. The first-order chi connectivity index (χ1) is 15.4. The van der Waals surface area contributed by atoms with Crippen molar-refractivity contribution in [3.63, 3.8) is 0 Å². The molecular weight excluding hydrogens is 428 g/mol. The first kappa shape index (κ1) is 22.7. The first-order valence-corrected chi connectivity index (χ1v) is 12.8. The third-order valence-electron chi connectivity index (χ3n) is 6.54. The van der Waals surface area contributed by atoms with E-state index in [0.717, 1.165) is 31.3 Å². The van der Waals surface area contributed by atoms with Crippen LogP contribution in [0.5, 0.6) is 0 Å². The Bertz CT molecular complexity index is 1050. The Hall–Kier alpha value is -2.45. The number of benzene rings is 1. The van der Waals surface area contributed by atoms with Gasteiger partial charge in [0.2, 0.25) is 15.9 Å². The molecule has 1 aromatic rings. The highest BCUT2D eigenvalue weighted by molar-refractivity contribution is 7.89. The van der Waals surface area contributed by atoms with Crippen molar-refractivity contribution in [3.05, 3.63) is 52.7 Å². The SMILES string of the molecule is CCOC(=O)C1=C(NC(=O)C2CCN(S(=O)(=O)c3ccccc3)CC2)CC2=C1CCCC2. The van der Waals surface area contributed by atoms with Gasteiger partial charge in [-0.3, -0.25) is 4.79 Å². The summed E-state index contributed by atoms with van der Waals surface area (Å²) in [6.07, 6.45) is 5.43. The molecule has 2 aliphatic carbocycles. The Morgan fingerprint density at radius 2 is 1.78 bits per heavy atom. The van der Waals surface area contributed by atoms with Crippen molar-refractivity contribution >= 4 is 21.9 Å². The number of nitrogens with one attached hydrogen (secondary N) is 1. The molecule has 0 aromatic heterocycles. The molecule has 0 bridgehead atoms. The van der Waals surface area contributed by atoms with Crippen LogP contribution in [0.1, 0.15) is 51.9 Å². The normalized spacial score (nSPS) is 20.3. The van der Waals surface area contributed by atoms with Crippen molar-refractivity contribution in [2.24, 2.45) is 5.92 Å². The molecular formula is C24H30N2O5S. The number of piperidine rings is 1. The molecule has 1 fully saturated rings. The summed E-state index contributed by atoms with van der Waals surface area (Å²) in [5.74, 6) is -0.789. The van der Waals surface area contributed by atoms with Gasteiger partial charge in [-0.15, -0.1) is 0 Å². The lowest BCUT2D eigenvalue weighted by atomic mass is 9.91. The maximum absolute atomic E-state index is 13.0. The number of nitrogens with zero attached hydrogens (tertiary/aromatic N) is 1. The van der Waals surface area contributed by atoms with Gasteiger partial charge in [0.25, 0.3) is 0 Å². The van der Waals surface area contributed by atoms with Gasteiger partial charge in [-0.2, -0.15) is 4.31 Å². The predicted molar refractivity (Wildman–Crippen MR) is 120 cm³/mol. The number of carbonyl (C=O) groups is 2. The Morgan fingerprint density at radius 1 is 1.09 bits per heavy atom. The number of hydrogen-bond acceptors (Lipinski definition) is 5. The number of amides is 1. The fourth-order valence-corrected chi connectivity index (χ4v) is 6.35. The summed E-state index contributed by atoms with van der Waals surface area (Å²) in [7, 11) is -3.55. The highest BCUT2D eigenvalue weighted by Gasteiger charge is 2.35. The molecule has 4 rings (SSSR count). The van der Waals surface area contributed by atoms with Crippen LogP contribution in [0.15, 0.2) is 57.6 Å². The van der Waals surface area contributed by atoms with E-state index in [2.05, 4.69) is 5.32 Å². The molecule has 0 spiro atoms. The molecule has 1 aliphatic heterocycles. The highest BCUT2D eigenvalue weighted by Crippen LogP contribution is 2.41. The molecule has 1 heterocycles. The zero-order valence-corrected chi connectivity index (χ0v) is 19.2. The molecule has 172 valence electrons. The van der Waals surface area contributed by atoms with Crippen molar-refractivity contribution in [1.82, 2.24) is 9.62 Å². The summed E-state index contributed by atoms with van der Waals surface area (Å²) in [4.78, 5) is 25.9. The lowest BCUT2D eigenvalue weighted by molar-refractivity contribution is -0.138. The van der Waals surface area contributed by atoms with Crippen molar-refractivity contribution in [3.8, 4) is 0 Å². The summed E-state index contributed by atoms with van der Waals surface area (Å²) in [5, 5.41) is 3.01. The summed E-state index contributed by atoms with van der Waals surface area (Å²) >= 11 is 0. The summed E-state index contributed by atoms with van der Waals surface area (Å²) in [5.41, 5.74) is 3.48. The monoisotopic (exact) mass is 458 g/mol. The predicted octanol–water partition coefficient (Wildman–Crippen LogP) is 3.30. The van der Waals surface area contributed by atoms with Crippen LogP contribution < -0.4 is 5.32 Å². The lowest BCUT2D eigenvalue weighted by Crippen LogP contribution is -2.43. The number of esters is 1. The van der Waals surface area contributed by atoms with E-state index >= 15 is 0 Å². The second-order valence-electron chi connectivity index (χ2n) is 8.52. The number of sulfonamides is 1. The van der Waals surface area contributed by atoms with Gasteiger partial charge in [0.05, 0.1) is 17.1 Å². The second kappa shape index (κ2) is 9.58.